The molecule has 102 valence electrons. The van der Waals surface area contributed by atoms with Gasteiger partial charge in [-0.2, -0.15) is 0 Å². The van der Waals surface area contributed by atoms with E-state index in [0.717, 1.165) is 0 Å². The van der Waals surface area contributed by atoms with E-state index < -0.39 is 16.1 Å². The number of anilines is 1. The highest BCUT2D eigenvalue weighted by Crippen LogP contribution is 2.26. The highest BCUT2D eigenvalue weighted by Gasteiger charge is 2.22. The SMILES string of the molecule is CS(=O)(=O)Cc1ccccc1N1C(N)=CC=NC1N. The maximum Gasteiger partial charge on any atom is 0.178 e. The highest BCUT2D eigenvalue weighted by molar-refractivity contribution is 7.89. The predicted octanol–water partition coefficient (Wildman–Crippen LogP) is 0.164. The van der Waals surface area contributed by atoms with Crippen LogP contribution in [0.5, 0.6) is 0 Å². The van der Waals surface area contributed by atoms with Gasteiger partial charge in [0, 0.05) is 18.2 Å². The second-order valence-electron chi connectivity index (χ2n) is 4.37. The van der Waals surface area contributed by atoms with Crippen molar-refractivity contribution in [1.82, 2.24) is 0 Å². The number of benzene rings is 1. The molecule has 0 bridgehead atoms. The summed E-state index contributed by atoms with van der Waals surface area (Å²) in [5.74, 6) is 0.368. The van der Waals surface area contributed by atoms with Crippen molar-refractivity contribution in [2.45, 2.75) is 12.0 Å². The van der Waals surface area contributed by atoms with E-state index in [-0.39, 0.29) is 5.75 Å². The lowest BCUT2D eigenvalue weighted by molar-refractivity contribution is 0.600. The van der Waals surface area contributed by atoms with Crippen molar-refractivity contribution in [3.63, 3.8) is 0 Å². The number of aliphatic imine (C=N–C) groups is 1. The van der Waals surface area contributed by atoms with Gasteiger partial charge in [0.05, 0.1) is 5.75 Å². The van der Waals surface area contributed by atoms with E-state index in [0.29, 0.717) is 17.1 Å². The summed E-state index contributed by atoms with van der Waals surface area (Å²) >= 11 is 0. The van der Waals surface area contributed by atoms with Crippen LogP contribution in [0, 0.1) is 0 Å². The van der Waals surface area contributed by atoms with Gasteiger partial charge >= 0.3 is 0 Å². The fourth-order valence-corrected chi connectivity index (χ4v) is 2.75. The number of rotatable bonds is 3. The summed E-state index contributed by atoms with van der Waals surface area (Å²) in [7, 11) is -3.14. The van der Waals surface area contributed by atoms with Gasteiger partial charge in [0.25, 0.3) is 0 Å². The summed E-state index contributed by atoms with van der Waals surface area (Å²) in [4.78, 5) is 5.66. The lowest BCUT2D eigenvalue weighted by Crippen LogP contribution is -2.44. The molecule has 0 saturated carbocycles. The molecule has 0 spiro atoms. The normalized spacial score (nSPS) is 19.4. The zero-order chi connectivity index (χ0) is 14.0. The van der Waals surface area contributed by atoms with Crippen LogP contribution >= 0.6 is 0 Å². The smallest absolute Gasteiger partial charge is 0.178 e. The Balaban J connectivity index is 2.45. The third-order valence-corrected chi connectivity index (χ3v) is 3.53. The van der Waals surface area contributed by atoms with E-state index in [1.807, 2.05) is 0 Å². The highest BCUT2D eigenvalue weighted by atomic mass is 32.2. The summed E-state index contributed by atoms with van der Waals surface area (Å²) < 4.78 is 22.9. The second kappa shape index (κ2) is 5.02. The van der Waals surface area contributed by atoms with Crippen LogP contribution in [0.25, 0.3) is 0 Å². The Hall–Kier alpha value is -1.86. The number of para-hydroxylation sites is 1. The molecule has 1 atom stereocenters. The van der Waals surface area contributed by atoms with Crippen molar-refractivity contribution in [1.29, 1.82) is 0 Å². The van der Waals surface area contributed by atoms with Gasteiger partial charge in [-0.15, -0.1) is 0 Å². The first kappa shape index (κ1) is 13.6. The first-order valence-electron chi connectivity index (χ1n) is 5.68. The van der Waals surface area contributed by atoms with Crippen LogP contribution in [0.1, 0.15) is 5.56 Å². The molecule has 0 amide bonds. The van der Waals surface area contributed by atoms with Crippen molar-refractivity contribution in [2.24, 2.45) is 16.5 Å². The zero-order valence-electron chi connectivity index (χ0n) is 10.5. The molecule has 0 aliphatic carbocycles. The standard InChI is InChI=1S/C12H16N4O2S/c1-19(17,18)8-9-4-2-3-5-10(9)16-11(13)6-7-15-12(16)14/h2-7,12H,8,13-14H2,1H3. The minimum absolute atomic E-state index is 0.0661. The quantitative estimate of drug-likeness (QED) is 0.821. The molecule has 1 aliphatic heterocycles. The Bertz CT molecular complexity index is 637. The second-order valence-corrected chi connectivity index (χ2v) is 6.51. The molecular formula is C12H16N4O2S. The zero-order valence-corrected chi connectivity index (χ0v) is 11.3. The first-order chi connectivity index (χ1) is 8.88. The molecule has 19 heavy (non-hydrogen) atoms. The predicted molar refractivity (Wildman–Crippen MR) is 76.2 cm³/mol. The third kappa shape index (κ3) is 3.12. The lowest BCUT2D eigenvalue weighted by Gasteiger charge is -2.31. The van der Waals surface area contributed by atoms with Crippen LogP contribution in [0.3, 0.4) is 0 Å². The van der Waals surface area contributed by atoms with Gasteiger partial charge in [0.2, 0.25) is 0 Å². The van der Waals surface area contributed by atoms with Gasteiger partial charge in [-0.25, -0.2) is 8.42 Å². The molecule has 1 unspecified atom stereocenters. The van der Waals surface area contributed by atoms with Crippen molar-refractivity contribution >= 4 is 21.7 Å². The van der Waals surface area contributed by atoms with Gasteiger partial charge in [-0.1, -0.05) is 18.2 Å². The van der Waals surface area contributed by atoms with Crippen molar-refractivity contribution in [3.05, 3.63) is 41.7 Å². The topological polar surface area (TPSA) is 102 Å². The van der Waals surface area contributed by atoms with Gasteiger partial charge in [0.1, 0.15) is 5.82 Å². The van der Waals surface area contributed by atoms with Gasteiger partial charge < -0.3 is 5.73 Å². The molecule has 0 fully saturated rings. The van der Waals surface area contributed by atoms with E-state index in [4.69, 9.17) is 11.5 Å². The summed E-state index contributed by atoms with van der Waals surface area (Å²) in [5, 5.41) is 0. The number of nitrogens with zero attached hydrogens (tertiary/aromatic N) is 2. The maximum atomic E-state index is 11.5. The molecule has 1 aromatic rings. The summed E-state index contributed by atoms with van der Waals surface area (Å²) in [6.07, 6.45) is 3.71. The number of hydrogen-bond acceptors (Lipinski definition) is 6. The van der Waals surface area contributed by atoms with Crippen molar-refractivity contribution in [2.75, 3.05) is 11.2 Å². The molecule has 0 saturated heterocycles. The van der Waals surface area contributed by atoms with Gasteiger partial charge in [-0.3, -0.25) is 15.6 Å². The molecule has 0 aromatic heterocycles. The Labute approximate surface area is 112 Å². The average molecular weight is 280 g/mol. The number of sulfone groups is 1. The minimum Gasteiger partial charge on any atom is -0.385 e. The van der Waals surface area contributed by atoms with Crippen LogP contribution in [0.15, 0.2) is 41.2 Å². The average Bonchev–Trinajstić information content (AvgIpc) is 2.29. The van der Waals surface area contributed by atoms with Crippen LogP contribution in [-0.2, 0) is 15.6 Å². The number of allylic oxidation sites excluding steroid dienone is 1. The minimum atomic E-state index is -3.14. The van der Waals surface area contributed by atoms with E-state index in [1.54, 1.807) is 35.2 Å². The van der Waals surface area contributed by atoms with Gasteiger partial charge in [0.15, 0.2) is 16.1 Å². The summed E-state index contributed by atoms with van der Waals surface area (Å²) in [5.41, 5.74) is 13.1. The molecule has 1 aromatic carbocycles. The fraction of sp³-hybridized carbons (Fsp3) is 0.250. The van der Waals surface area contributed by atoms with Crippen molar-refractivity contribution in [3.8, 4) is 0 Å². The molecule has 1 heterocycles. The largest absolute Gasteiger partial charge is 0.385 e. The molecule has 6 nitrogen and oxygen atoms in total. The number of hydrogen-bond donors (Lipinski definition) is 2. The van der Waals surface area contributed by atoms with Crippen LogP contribution in [0.4, 0.5) is 5.69 Å². The molecule has 2 rings (SSSR count). The third-order valence-electron chi connectivity index (χ3n) is 2.70. The Kier molecular flexibility index (Phi) is 3.59. The van der Waals surface area contributed by atoms with Crippen molar-refractivity contribution < 1.29 is 8.42 Å². The van der Waals surface area contributed by atoms with Gasteiger partial charge in [-0.05, 0) is 17.7 Å². The summed E-state index contributed by atoms with van der Waals surface area (Å²) in [6, 6.07) is 7.11. The Morgan fingerprint density at radius 1 is 1.37 bits per heavy atom. The van der Waals surface area contributed by atoms with Crippen LogP contribution < -0.4 is 16.4 Å². The Morgan fingerprint density at radius 3 is 2.68 bits per heavy atom. The summed E-state index contributed by atoms with van der Waals surface area (Å²) in [6.45, 7) is 0. The first-order valence-corrected chi connectivity index (χ1v) is 7.74. The molecule has 0 radical (unpaired) electrons. The molecular weight excluding hydrogens is 264 g/mol. The monoisotopic (exact) mass is 280 g/mol. The van der Waals surface area contributed by atoms with E-state index in [9.17, 15) is 8.42 Å². The van der Waals surface area contributed by atoms with Crippen LogP contribution in [0.2, 0.25) is 0 Å². The fourth-order valence-electron chi connectivity index (χ4n) is 1.94. The molecule has 1 aliphatic rings. The molecule has 7 heteroatoms. The lowest BCUT2D eigenvalue weighted by atomic mass is 10.1. The van der Waals surface area contributed by atoms with E-state index in [2.05, 4.69) is 4.99 Å². The van der Waals surface area contributed by atoms with Crippen LogP contribution in [-0.4, -0.2) is 27.2 Å². The van der Waals surface area contributed by atoms with E-state index >= 15 is 0 Å². The Morgan fingerprint density at radius 2 is 2.05 bits per heavy atom. The van der Waals surface area contributed by atoms with E-state index in [1.165, 1.54) is 12.5 Å². The molecule has 4 N–H and O–H groups in total. The number of nitrogens with two attached hydrogens (primary N) is 2. The maximum absolute atomic E-state index is 11.5.